The third-order valence-corrected chi connectivity index (χ3v) is 3.27. The number of urea groups is 1. The van der Waals surface area contributed by atoms with E-state index in [4.69, 9.17) is 11.6 Å². The lowest BCUT2D eigenvalue weighted by Gasteiger charge is -2.09. The molecule has 0 aliphatic carbocycles. The first-order valence-corrected chi connectivity index (χ1v) is 6.15. The molecule has 0 aliphatic heterocycles. The van der Waals surface area contributed by atoms with Crippen molar-refractivity contribution in [1.82, 2.24) is 4.98 Å². The Morgan fingerprint density at radius 1 is 1.41 bits per heavy atom. The number of benzene rings is 1. The highest BCUT2D eigenvalue weighted by atomic mass is 35.5. The molecule has 0 saturated carbocycles. The van der Waals surface area contributed by atoms with Crippen molar-refractivity contribution in [3.63, 3.8) is 0 Å². The standard InChI is InChI=1S/C11H10ClN3OS/c1-7-8(12)3-2-4-9(7)14-10(16)15-11-13-5-6-17-11/h2-6H,1H3,(H2,13,14,15,16). The molecule has 6 heteroatoms. The van der Waals surface area contributed by atoms with Gasteiger partial charge < -0.3 is 5.32 Å². The molecule has 0 bridgehead atoms. The molecule has 17 heavy (non-hydrogen) atoms. The minimum absolute atomic E-state index is 0.328. The molecule has 0 saturated heterocycles. The van der Waals surface area contributed by atoms with Crippen LogP contribution in [0.15, 0.2) is 29.8 Å². The number of amides is 2. The number of thiazole rings is 1. The van der Waals surface area contributed by atoms with Crippen LogP contribution in [0.5, 0.6) is 0 Å². The second-order valence-electron chi connectivity index (χ2n) is 3.33. The van der Waals surface area contributed by atoms with Gasteiger partial charge in [0.25, 0.3) is 0 Å². The predicted octanol–water partition coefficient (Wildman–Crippen LogP) is 3.75. The summed E-state index contributed by atoms with van der Waals surface area (Å²) in [7, 11) is 0. The zero-order chi connectivity index (χ0) is 12.3. The van der Waals surface area contributed by atoms with Gasteiger partial charge in [-0.25, -0.2) is 9.78 Å². The fourth-order valence-corrected chi connectivity index (χ4v) is 1.98. The first kappa shape index (κ1) is 11.9. The molecule has 1 heterocycles. The van der Waals surface area contributed by atoms with Gasteiger partial charge in [0.15, 0.2) is 5.13 Å². The maximum atomic E-state index is 11.6. The van der Waals surface area contributed by atoms with Crippen LogP contribution in [0.1, 0.15) is 5.56 Å². The van der Waals surface area contributed by atoms with E-state index in [1.54, 1.807) is 29.8 Å². The average Bonchev–Trinajstić information content (AvgIpc) is 2.77. The first-order chi connectivity index (χ1) is 8.16. The molecule has 2 rings (SSSR count). The summed E-state index contributed by atoms with van der Waals surface area (Å²) in [6, 6.07) is 5.03. The largest absolute Gasteiger partial charge is 0.325 e. The van der Waals surface area contributed by atoms with Crippen molar-refractivity contribution < 1.29 is 4.79 Å². The molecule has 2 amide bonds. The number of aromatic nitrogens is 1. The van der Waals surface area contributed by atoms with Gasteiger partial charge in [-0.3, -0.25) is 5.32 Å². The number of hydrogen-bond acceptors (Lipinski definition) is 3. The van der Waals surface area contributed by atoms with Crippen molar-refractivity contribution >= 4 is 39.8 Å². The highest BCUT2D eigenvalue weighted by molar-refractivity contribution is 7.13. The number of rotatable bonds is 2. The molecule has 0 unspecified atom stereocenters. The van der Waals surface area contributed by atoms with Crippen molar-refractivity contribution in [3.05, 3.63) is 40.4 Å². The zero-order valence-electron chi connectivity index (χ0n) is 9.03. The summed E-state index contributed by atoms with van der Waals surface area (Å²) in [6.07, 6.45) is 1.63. The topological polar surface area (TPSA) is 54.0 Å². The van der Waals surface area contributed by atoms with Crippen LogP contribution < -0.4 is 10.6 Å². The Kier molecular flexibility index (Phi) is 3.61. The molecule has 1 aromatic heterocycles. The maximum absolute atomic E-state index is 11.6. The van der Waals surface area contributed by atoms with Crippen molar-refractivity contribution in [2.75, 3.05) is 10.6 Å². The molecule has 2 aromatic rings. The van der Waals surface area contributed by atoms with Crippen LogP contribution >= 0.6 is 22.9 Å². The number of hydrogen-bond donors (Lipinski definition) is 2. The Balaban J connectivity index is 2.06. The highest BCUT2D eigenvalue weighted by Gasteiger charge is 2.07. The number of halogens is 1. The van der Waals surface area contributed by atoms with Gasteiger partial charge in [0.05, 0.1) is 0 Å². The smallest absolute Gasteiger partial charge is 0.307 e. The summed E-state index contributed by atoms with van der Waals surface area (Å²) in [5.41, 5.74) is 1.52. The third kappa shape index (κ3) is 2.95. The lowest BCUT2D eigenvalue weighted by Crippen LogP contribution is -2.19. The molecule has 1 aromatic carbocycles. The monoisotopic (exact) mass is 267 g/mol. The van der Waals surface area contributed by atoms with Crippen molar-refractivity contribution in [2.24, 2.45) is 0 Å². The van der Waals surface area contributed by atoms with Gasteiger partial charge in [-0.15, -0.1) is 11.3 Å². The molecule has 0 aliphatic rings. The molecule has 4 nitrogen and oxygen atoms in total. The van der Waals surface area contributed by atoms with E-state index in [-0.39, 0.29) is 6.03 Å². The van der Waals surface area contributed by atoms with Crippen LogP contribution in [0.4, 0.5) is 15.6 Å². The van der Waals surface area contributed by atoms with Crippen LogP contribution in [0, 0.1) is 6.92 Å². The van der Waals surface area contributed by atoms with E-state index >= 15 is 0 Å². The van der Waals surface area contributed by atoms with E-state index < -0.39 is 0 Å². The Labute approximate surface area is 108 Å². The van der Waals surface area contributed by atoms with Gasteiger partial charge >= 0.3 is 6.03 Å². The molecule has 2 N–H and O–H groups in total. The van der Waals surface area contributed by atoms with Crippen molar-refractivity contribution in [2.45, 2.75) is 6.92 Å². The summed E-state index contributed by atoms with van der Waals surface area (Å²) < 4.78 is 0. The van der Waals surface area contributed by atoms with Gasteiger partial charge in [-0.2, -0.15) is 0 Å². The molecule has 0 radical (unpaired) electrons. The number of nitrogens with zero attached hydrogens (tertiary/aromatic N) is 1. The predicted molar refractivity (Wildman–Crippen MR) is 70.9 cm³/mol. The Bertz CT molecular complexity index is 528. The summed E-state index contributed by atoms with van der Waals surface area (Å²) in [5.74, 6) is 0. The van der Waals surface area contributed by atoms with E-state index in [2.05, 4.69) is 15.6 Å². The fraction of sp³-hybridized carbons (Fsp3) is 0.0909. The van der Waals surface area contributed by atoms with Crippen molar-refractivity contribution in [1.29, 1.82) is 0 Å². The highest BCUT2D eigenvalue weighted by Crippen LogP contribution is 2.23. The Hall–Kier alpha value is -1.59. The lowest BCUT2D eigenvalue weighted by atomic mass is 10.2. The Morgan fingerprint density at radius 2 is 2.24 bits per heavy atom. The van der Waals surface area contributed by atoms with Gasteiger partial charge in [0, 0.05) is 22.3 Å². The van der Waals surface area contributed by atoms with E-state index in [1.807, 2.05) is 6.92 Å². The SMILES string of the molecule is Cc1c(Cl)cccc1NC(=O)Nc1nccs1. The summed E-state index contributed by atoms with van der Waals surface area (Å²) in [6.45, 7) is 1.85. The lowest BCUT2D eigenvalue weighted by molar-refractivity contribution is 0.262. The second-order valence-corrected chi connectivity index (χ2v) is 4.63. The molecule has 0 spiro atoms. The van der Waals surface area contributed by atoms with E-state index in [1.165, 1.54) is 11.3 Å². The van der Waals surface area contributed by atoms with Crippen LogP contribution in [-0.4, -0.2) is 11.0 Å². The summed E-state index contributed by atoms with van der Waals surface area (Å²) in [4.78, 5) is 15.6. The minimum Gasteiger partial charge on any atom is -0.307 e. The van der Waals surface area contributed by atoms with E-state index in [0.29, 0.717) is 15.8 Å². The van der Waals surface area contributed by atoms with Gasteiger partial charge in [-0.05, 0) is 24.6 Å². The van der Waals surface area contributed by atoms with Crippen LogP contribution in [0.2, 0.25) is 5.02 Å². The van der Waals surface area contributed by atoms with Gasteiger partial charge in [-0.1, -0.05) is 17.7 Å². The normalized spacial score (nSPS) is 10.0. The van der Waals surface area contributed by atoms with Crippen LogP contribution in [0.25, 0.3) is 0 Å². The molecule has 0 atom stereocenters. The van der Waals surface area contributed by atoms with E-state index in [0.717, 1.165) is 5.56 Å². The second kappa shape index (κ2) is 5.16. The zero-order valence-corrected chi connectivity index (χ0v) is 10.6. The maximum Gasteiger partial charge on any atom is 0.325 e. The first-order valence-electron chi connectivity index (χ1n) is 4.89. The van der Waals surface area contributed by atoms with E-state index in [9.17, 15) is 4.79 Å². The molecular weight excluding hydrogens is 258 g/mol. The third-order valence-electron chi connectivity index (χ3n) is 2.17. The van der Waals surface area contributed by atoms with Crippen LogP contribution in [-0.2, 0) is 0 Å². The summed E-state index contributed by atoms with van der Waals surface area (Å²) in [5, 5.41) is 8.32. The molecular formula is C11H10ClN3OS. The van der Waals surface area contributed by atoms with Crippen molar-refractivity contribution in [3.8, 4) is 0 Å². The summed E-state index contributed by atoms with van der Waals surface area (Å²) >= 11 is 7.32. The van der Waals surface area contributed by atoms with Gasteiger partial charge in [0.2, 0.25) is 0 Å². The fourth-order valence-electron chi connectivity index (χ4n) is 1.28. The quantitative estimate of drug-likeness (QED) is 0.871. The number of carbonyl (C=O) groups excluding carboxylic acids is 1. The number of carbonyl (C=O) groups is 1. The Morgan fingerprint density at radius 3 is 2.94 bits per heavy atom. The average molecular weight is 268 g/mol. The number of nitrogens with one attached hydrogen (secondary N) is 2. The minimum atomic E-state index is -0.328. The van der Waals surface area contributed by atoms with Gasteiger partial charge in [0.1, 0.15) is 0 Å². The van der Waals surface area contributed by atoms with Crippen LogP contribution in [0.3, 0.4) is 0 Å². The molecule has 88 valence electrons. The number of anilines is 2. The molecule has 0 fully saturated rings.